The lowest BCUT2D eigenvalue weighted by atomic mass is 9.80. The number of rotatable bonds is 3. The molecule has 1 saturated heterocycles. The number of aromatic nitrogens is 2. The van der Waals surface area contributed by atoms with Gasteiger partial charge in [0.1, 0.15) is 0 Å². The zero-order chi connectivity index (χ0) is 15.7. The summed E-state index contributed by atoms with van der Waals surface area (Å²) < 4.78 is 7.69. The van der Waals surface area contributed by atoms with Crippen LogP contribution in [0.25, 0.3) is 0 Å². The Morgan fingerprint density at radius 3 is 2.86 bits per heavy atom. The lowest BCUT2D eigenvalue weighted by Crippen LogP contribution is -2.56. The number of carbonyl (C=O) groups is 1. The van der Waals surface area contributed by atoms with Gasteiger partial charge in [-0.3, -0.25) is 4.79 Å². The molecule has 122 valence electrons. The van der Waals surface area contributed by atoms with E-state index in [2.05, 4.69) is 35.3 Å². The van der Waals surface area contributed by atoms with Crippen molar-refractivity contribution >= 4 is 5.91 Å². The number of fused-ring (bicyclic) bond motifs is 2. The molecule has 1 aromatic heterocycles. The highest BCUT2D eigenvalue weighted by Crippen LogP contribution is 2.42. The van der Waals surface area contributed by atoms with Gasteiger partial charge in [-0.2, -0.15) is 0 Å². The minimum absolute atomic E-state index is 0.238. The number of hydrogen-bond acceptors (Lipinski definition) is 3. The van der Waals surface area contributed by atoms with Gasteiger partial charge in [-0.1, -0.05) is 20.3 Å². The Bertz CT molecular complexity index is 546. The summed E-state index contributed by atoms with van der Waals surface area (Å²) in [6.45, 7) is 6.54. The topological polar surface area (TPSA) is 47.4 Å². The molecule has 22 heavy (non-hydrogen) atoms. The van der Waals surface area contributed by atoms with Crippen molar-refractivity contribution in [3.05, 3.63) is 17.7 Å². The summed E-state index contributed by atoms with van der Waals surface area (Å²) in [5, 5.41) is 0. The van der Waals surface area contributed by atoms with Crippen molar-refractivity contribution < 1.29 is 9.53 Å². The molecule has 0 saturated carbocycles. The lowest BCUT2D eigenvalue weighted by Gasteiger charge is -2.48. The molecule has 3 rings (SSSR count). The molecule has 5 heteroatoms. The van der Waals surface area contributed by atoms with Gasteiger partial charge in [0.25, 0.3) is 0 Å². The summed E-state index contributed by atoms with van der Waals surface area (Å²) in [6.07, 6.45) is 6.21. The van der Waals surface area contributed by atoms with Crippen molar-refractivity contribution in [2.24, 2.45) is 13.0 Å². The second-order valence-electron chi connectivity index (χ2n) is 6.81. The van der Waals surface area contributed by atoms with Crippen LogP contribution >= 0.6 is 0 Å². The van der Waals surface area contributed by atoms with E-state index in [0.717, 1.165) is 37.9 Å². The number of carbonyl (C=O) groups excluding carboxylic acids is 1. The third kappa shape index (κ3) is 2.45. The van der Waals surface area contributed by atoms with Crippen LogP contribution in [0.15, 0.2) is 6.33 Å². The fourth-order valence-corrected chi connectivity index (χ4v) is 3.83. The number of imidazole rings is 1. The van der Waals surface area contributed by atoms with E-state index in [0.29, 0.717) is 25.6 Å². The van der Waals surface area contributed by atoms with Crippen molar-refractivity contribution in [3.8, 4) is 0 Å². The second-order valence-corrected chi connectivity index (χ2v) is 6.81. The largest absolute Gasteiger partial charge is 0.381 e. The van der Waals surface area contributed by atoms with E-state index in [4.69, 9.17) is 4.74 Å². The van der Waals surface area contributed by atoms with Gasteiger partial charge in [-0.25, -0.2) is 4.98 Å². The molecule has 1 amide bonds. The smallest absolute Gasteiger partial charge is 0.223 e. The van der Waals surface area contributed by atoms with Gasteiger partial charge in [0.05, 0.1) is 17.6 Å². The van der Waals surface area contributed by atoms with Gasteiger partial charge in [-0.05, 0) is 18.8 Å². The highest BCUT2D eigenvalue weighted by molar-refractivity contribution is 5.78. The van der Waals surface area contributed by atoms with Crippen LogP contribution in [0, 0.1) is 5.92 Å². The van der Waals surface area contributed by atoms with Gasteiger partial charge < -0.3 is 14.2 Å². The van der Waals surface area contributed by atoms with Crippen molar-refractivity contribution in [3.63, 3.8) is 0 Å². The third-order valence-electron chi connectivity index (χ3n) is 5.43. The Kier molecular flexibility index (Phi) is 4.26. The van der Waals surface area contributed by atoms with Crippen LogP contribution in [0.5, 0.6) is 0 Å². The Labute approximate surface area is 132 Å². The first-order valence-electron chi connectivity index (χ1n) is 8.47. The van der Waals surface area contributed by atoms with Crippen molar-refractivity contribution in [1.82, 2.24) is 14.5 Å². The van der Waals surface area contributed by atoms with Gasteiger partial charge in [0.15, 0.2) is 0 Å². The molecule has 0 aliphatic carbocycles. The van der Waals surface area contributed by atoms with E-state index in [1.165, 1.54) is 5.69 Å². The van der Waals surface area contributed by atoms with E-state index >= 15 is 0 Å². The molecule has 5 nitrogen and oxygen atoms in total. The number of ether oxygens (including phenoxy) is 1. The summed E-state index contributed by atoms with van der Waals surface area (Å²) in [7, 11) is 2.05. The summed E-state index contributed by atoms with van der Waals surface area (Å²) in [4.78, 5) is 19.7. The Morgan fingerprint density at radius 1 is 1.45 bits per heavy atom. The molecule has 0 aromatic carbocycles. The quantitative estimate of drug-likeness (QED) is 0.860. The average Bonchev–Trinajstić information content (AvgIpc) is 2.91. The number of hydrogen-bond donors (Lipinski definition) is 0. The summed E-state index contributed by atoms with van der Waals surface area (Å²) in [5.74, 6) is 0.724. The van der Waals surface area contributed by atoms with E-state index in [1.54, 1.807) is 0 Å². The first-order valence-corrected chi connectivity index (χ1v) is 8.47. The van der Waals surface area contributed by atoms with E-state index in [-0.39, 0.29) is 11.4 Å². The SMILES string of the molecule is CCC(C)CC(=O)N1CCc2c(ncn2C)C12CCOCC2. The van der Waals surface area contributed by atoms with Crippen molar-refractivity contribution in [1.29, 1.82) is 0 Å². The van der Waals surface area contributed by atoms with Gasteiger partial charge in [-0.15, -0.1) is 0 Å². The minimum atomic E-state index is -0.238. The number of aryl methyl sites for hydroxylation is 1. The fraction of sp³-hybridized carbons (Fsp3) is 0.765. The highest BCUT2D eigenvalue weighted by atomic mass is 16.5. The monoisotopic (exact) mass is 305 g/mol. The van der Waals surface area contributed by atoms with Crippen LogP contribution in [-0.4, -0.2) is 40.1 Å². The molecule has 1 aromatic rings. The van der Waals surface area contributed by atoms with Gasteiger partial charge >= 0.3 is 0 Å². The van der Waals surface area contributed by atoms with Gasteiger partial charge in [0.2, 0.25) is 5.91 Å². The highest BCUT2D eigenvalue weighted by Gasteiger charge is 2.48. The summed E-state index contributed by atoms with van der Waals surface area (Å²) in [6, 6.07) is 0. The summed E-state index contributed by atoms with van der Waals surface area (Å²) >= 11 is 0. The van der Waals surface area contributed by atoms with Crippen molar-refractivity contribution in [2.75, 3.05) is 19.8 Å². The molecule has 3 heterocycles. The van der Waals surface area contributed by atoms with Crippen LogP contribution < -0.4 is 0 Å². The standard InChI is InChI=1S/C17H27N3O2/c1-4-13(2)11-15(21)20-8-5-14-16(18-12-19(14)3)17(20)6-9-22-10-7-17/h12-13H,4-11H2,1-3H3. The van der Waals surface area contributed by atoms with E-state index < -0.39 is 0 Å². The zero-order valence-corrected chi connectivity index (χ0v) is 14.0. The van der Waals surface area contributed by atoms with E-state index in [1.807, 2.05) is 6.33 Å². The molecular formula is C17H27N3O2. The molecule has 1 fully saturated rings. The molecule has 1 atom stereocenters. The molecule has 2 aliphatic heterocycles. The van der Waals surface area contributed by atoms with Crippen LogP contribution in [-0.2, 0) is 28.5 Å². The molecule has 0 radical (unpaired) electrons. The predicted octanol–water partition coefficient (Wildman–Crippen LogP) is 2.25. The fourth-order valence-electron chi connectivity index (χ4n) is 3.83. The lowest BCUT2D eigenvalue weighted by molar-refractivity contribution is -0.145. The molecule has 0 bridgehead atoms. The predicted molar refractivity (Wildman–Crippen MR) is 84.4 cm³/mol. The summed E-state index contributed by atoms with van der Waals surface area (Å²) in [5.41, 5.74) is 2.16. The van der Waals surface area contributed by atoms with Crippen LogP contribution in [0.3, 0.4) is 0 Å². The Hall–Kier alpha value is -1.36. The Morgan fingerprint density at radius 2 is 2.18 bits per heavy atom. The Balaban J connectivity index is 1.94. The maximum atomic E-state index is 12.9. The maximum Gasteiger partial charge on any atom is 0.223 e. The molecule has 1 spiro atoms. The molecule has 0 N–H and O–H groups in total. The normalized spacial score (nSPS) is 21.7. The second kappa shape index (κ2) is 6.03. The van der Waals surface area contributed by atoms with Crippen molar-refractivity contribution in [2.45, 2.75) is 51.5 Å². The third-order valence-corrected chi connectivity index (χ3v) is 5.43. The zero-order valence-electron chi connectivity index (χ0n) is 14.0. The molecule has 1 unspecified atom stereocenters. The van der Waals surface area contributed by atoms with Gasteiger partial charge in [0, 0.05) is 45.3 Å². The molecular weight excluding hydrogens is 278 g/mol. The first-order chi connectivity index (χ1) is 10.6. The van der Waals surface area contributed by atoms with Crippen LogP contribution in [0.1, 0.15) is 50.9 Å². The average molecular weight is 305 g/mol. The number of amides is 1. The number of nitrogens with zero attached hydrogens (tertiary/aromatic N) is 3. The maximum absolute atomic E-state index is 12.9. The minimum Gasteiger partial charge on any atom is -0.381 e. The first kappa shape index (κ1) is 15.5. The molecule has 2 aliphatic rings. The van der Waals surface area contributed by atoms with Crippen LogP contribution in [0.2, 0.25) is 0 Å². The van der Waals surface area contributed by atoms with Crippen LogP contribution in [0.4, 0.5) is 0 Å². The van der Waals surface area contributed by atoms with E-state index in [9.17, 15) is 4.79 Å².